The normalized spacial score (nSPS) is 14.1. The molecule has 0 atom stereocenters. The molecule has 9 heteroatoms. The first-order valence-electron chi connectivity index (χ1n) is 7.70. The van der Waals surface area contributed by atoms with Crippen LogP contribution in [0.15, 0.2) is 30.6 Å². The van der Waals surface area contributed by atoms with Gasteiger partial charge in [-0.05, 0) is 25.5 Å². The van der Waals surface area contributed by atoms with Crippen LogP contribution in [0.2, 0.25) is 0 Å². The van der Waals surface area contributed by atoms with E-state index in [4.69, 9.17) is 4.74 Å². The van der Waals surface area contributed by atoms with Crippen LogP contribution < -0.4 is 10.1 Å². The van der Waals surface area contributed by atoms with Crippen molar-refractivity contribution in [1.82, 2.24) is 15.3 Å². The predicted octanol–water partition coefficient (Wildman–Crippen LogP) is 3.18. The lowest BCUT2D eigenvalue weighted by Crippen LogP contribution is -2.50. The molecule has 1 saturated heterocycles. The second kappa shape index (κ2) is 8.22. The second-order valence-corrected chi connectivity index (χ2v) is 5.66. The van der Waals surface area contributed by atoms with Crippen LogP contribution in [-0.4, -0.2) is 34.9 Å². The maximum absolute atomic E-state index is 13.1. The van der Waals surface area contributed by atoms with Gasteiger partial charge >= 0.3 is 6.18 Å². The van der Waals surface area contributed by atoms with Gasteiger partial charge in [0.25, 0.3) is 0 Å². The van der Waals surface area contributed by atoms with E-state index >= 15 is 0 Å². The Labute approximate surface area is 147 Å². The van der Waals surface area contributed by atoms with Gasteiger partial charge in [0.15, 0.2) is 5.78 Å². The molecule has 2 aromatic rings. The number of ketones is 1. The van der Waals surface area contributed by atoms with Crippen LogP contribution in [0.4, 0.5) is 17.6 Å². The molecule has 1 N–H and O–H groups in total. The van der Waals surface area contributed by atoms with E-state index in [-0.39, 0.29) is 23.3 Å². The van der Waals surface area contributed by atoms with Crippen molar-refractivity contribution in [2.24, 2.45) is 0 Å². The smallest absolute Gasteiger partial charge is 0.451 e. The fraction of sp³-hybridized carbons (Fsp3) is 0.353. The first-order valence-corrected chi connectivity index (χ1v) is 7.70. The third-order valence-corrected chi connectivity index (χ3v) is 3.50. The molecule has 0 amide bonds. The summed E-state index contributed by atoms with van der Waals surface area (Å²) in [6, 6.07) is 4.97. The minimum absolute atomic E-state index is 0.0630. The average molecular weight is 371 g/mol. The maximum atomic E-state index is 13.1. The van der Waals surface area contributed by atoms with Crippen molar-refractivity contribution >= 4 is 5.78 Å². The molecule has 0 aliphatic carbocycles. The van der Waals surface area contributed by atoms with Gasteiger partial charge in [-0.15, -0.1) is 0 Å². The molecule has 3 rings (SSSR count). The summed E-state index contributed by atoms with van der Waals surface area (Å²) in [5.74, 6) is -1.19. The summed E-state index contributed by atoms with van der Waals surface area (Å²) in [5, 5.41) is 3.09. The molecule has 1 aliphatic heterocycles. The molecule has 0 saturated carbocycles. The number of Topliss-reactive ketones (excluding diaryl/α,β-unsaturated/α-hetero) is 1. The van der Waals surface area contributed by atoms with Crippen LogP contribution in [0.25, 0.3) is 0 Å². The number of ether oxygens (including phenoxy) is 1. The highest BCUT2D eigenvalue weighted by Gasteiger charge is 2.34. The average Bonchev–Trinajstić information content (AvgIpc) is 2.54. The molecule has 0 unspecified atom stereocenters. The summed E-state index contributed by atoms with van der Waals surface area (Å²) in [6.07, 6.45) is -2.63. The van der Waals surface area contributed by atoms with Crippen molar-refractivity contribution in [3.63, 3.8) is 0 Å². The Hall–Kier alpha value is -2.55. The van der Waals surface area contributed by atoms with Gasteiger partial charge in [0.2, 0.25) is 5.82 Å². The number of hydrogen-bond donors (Lipinski definition) is 1. The van der Waals surface area contributed by atoms with Crippen LogP contribution in [0.3, 0.4) is 0 Å². The van der Waals surface area contributed by atoms with Crippen molar-refractivity contribution in [2.45, 2.75) is 26.1 Å². The Bertz CT molecular complexity index is 760. The predicted molar refractivity (Wildman–Crippen MR) is 85.5 cm³/mol. The number of carbonyl (C=O) groups is 1. The number of aryl methyl sites for hydroxylation is 1. The summed E-state index contributed by atoms with van der Waals surface area (Å²) in [6.45, 7) is 4.68. The topological polar surface area (TPSA) is 64.1 Å². The lowest BCUT2D eigenvalue weighted by atomic mass is 10.2. The van der Waals surface area contributed by atoms with Crippen LogP contribution >= 0.6 is 0 Å². The van der Waals surface area contributed by atoms with Crippen molar-refractivity contribution in [2.75, 3.05) is 13.1 Å². The molecule has 2 heterocycles. The Balaban J connectivity index is 0.000000187. The highest BCUT2D eigenvalue weighted by molar-refractivity contribution is 5.93. The molecule has 1 aliphatic rings. The Morgan fingerprint density at radius 1 is 1.23 bits per heavy atom. The maximum Gasteiger partial charge on any atom is 0.451 e. The summed E-state index contributed by atoms with van der Waals surface area (Å²) in [4.78, 5) is 16.7. The lowest BCUT2D eigenvalue weighted by molar-refractivity contribution is -0.145. The van der Waals surface area contributed by atoms with E-state index in [1.54, 1.807) is 19.1 Å². The molecule has 0 spiro atoms. The molecule has 140 valence electrons. The van der Waals surface area contributed by atoms with Crippen molar-refractivity contribution in [3.05, 3.63) is 53.4 Å². The number of nitrogens with zero attached hydrogens (tertiary/aromatic N) is 2. The molecular formula is C17H17F4N3O2. The zero-order valence-electron chi connectivity index (χ0n) is 14.1. The van der Waals surface area contributed by atoms with Gasteiger partial charge in [-0.2, -0.15) is 13.2 Å². The molecule has 0 bridgehead atoms. The number of aromatic nitrogens is 2. The number of alkyl halides is 3. The number of benzene rings is 1. The van der Waals surface area contributed by atoms with E-state index in [1.165, 1.54) is 13.0 Å². The van der Waals surface area contributed by atoms with E-state index in [0.717, 1.165) is 25.5 Å². The van der Waals surface area contributed by atoms with Crippen LogP contribution in [-0.2, 0) is 6.18 Å². The highest BCUT2D eigenvalue weighted by atomic mass is 19.4. The zero-order valence-corrected chi connectivity index (χ0v) is 14.1. The third-order valence-electron chi connectivity index (χ3n) is 3.50. The minimum atomic E-state index is -4.56. The minimum Gasteiger partial charge on any atom is -0.488 e. The second-order valence-electron chi connectivity index (χ2n) is 5.66. The van der Waals surface area contributed by atoms with Crippen molar-refractivity contribution in [1.29, 1.82) is 0 Å². The monoisotopic (exact) mass is 371 g/mol. The summed E-state index contributed by atoms with van der Waals surface area (Å²) >= 11 is 0. The molecule has 5 nitrogen and oxygen atoms in total. The highest BCUT2D eigenvalue weighted by Crippen LogP contribution is 2.25. The van der Waals surface area contributed by atoms with E-state index in [0.29, 0.717) is 11.3 Å². The van der Waals surface area contributed by atoms with Crippen LogP contribution in [0, 0.1) is 12.7 Å². The molecule has 1 fully saturated rings. The lowest BCUT2D eigenvalue weighted by Gasteiger charge is -2.27. The van der Waals surface area contributed by atoms with Gasteiger partial charge in [0.1, 0.15) is 17.7 Å². The fourth-order valence-electron chi connectivity index (χ4n) is 1.84. The summed E-state index contributed by atoms with van der Waals surface area (Å²) in [7, 11) is 0. The molecule has 26 heavy (non-hydrogen) atoms. The molecule has 1 aromatic heterocycles. The van der Waals surface area contributed by atoms with E-state index < -0.39 is 12.0 Å². The quantitative estimate of drug-likeness (QED) is 0.663. The fourth-order valence-corrected chi connectivity index (χ4v) is 1.84. The zero-order chi connectivity index (χ0) is 19.3. The van der Waals surface area contributed by atoms with Crippen LogP contribution in [0.1, 0.15) is 28.7 Å². The first kappa shape index (κ1) is 19.8. The number of rotatable bonds is 3. The van der Waals surface area contributed by atoms with Gasteiger partial charge in [0.05, 0.1) is 5.56 Å². The molecule has 0 radical (unpaired) electrons. The van der Waals surface area contributed by atoms with E-state index in [1.807, 2.05) is 0 Å². The van der Waals surface area contributed by atoms with Gasteiger partial charge in [-0.1, -0.05) is 6.07 Å². The van der Waals surface area contributed by atoms with Crippen molar-refractivity contribution in [3.8, 4) is 5.75 Å². The number of carbonyl (C=O) groups excluding carboxylic acids is 1. The molecule has 1 aromatic carbocycles. The van der Waals surface area contributed by atoms with E-state index in [2.05, 4.69) is 15.3 Å². The van der Waals surface area contributed by atoms with Gasteiger partial charge in [-0.3, -0.25) is 4.79 Å². The number of hydrogen-bond acceptors (Lipinski definition) is 5. The Morgan fingerprint density at radius 3 is 2.27 bits per heavy atom. The number of halogens is 4. The number of nitrogens with one attached hydrogen (secondary N) is 1. The summed E-state index contributed by atoms with van der Waals surface area (Å²) in [5.41, 5.74) is 0.715. The molecular weight excluding hydrogens is 354 g/mol. The van der Waals surface area contributed by atoms with Gasteiger partial charge in [0, 0.05) is 31.5 Å². The van der Waals surface area contributed by atoms with Gasteiger partial charge < -0.3 is 10.1 Å². The third kappa shape index (κ3) is 5.48. The van der Waals surface area contributed by atoms with Gasteiger partial charge in [-0.25, -0.2) is 14.4 Å². The summed E-state index contributed by atoms with van der Waals surface area (Å²) < 4.78 is 54.3. The SMILES string of the molecule is CC(=O)c1cnc(C(F)(F)F)nc1.Cc1ccc(OC2CNC2)cc1F. The first-order chi connectivity index (χ1) is 12.2. The largest absolute Gasteiger partial charge is 0.488 e. The van der Waals surface area contributed by atoms with E-state index in [9.17, 15) is 22.4 Å². The van der Waals surface area contributed by atoms with Crippen molar-refractivity contribution < 1.29 is 27.1 Å². The van der Waals surface area contributed by atoms with Crippen LogP contribution in [0.5, 0.6) is 5.75 Å². The standard InChI is InChI=1S/C10H12FNO.C7H5F3N2O/c1-7-2-3-8(4-10(7)11)13-9-5-12-6-9;1-4(13)5-2-11-6(12-3-5)7(8,9)10/h2-4,9,12H,5-6H2,1H3;2-3H,1H3. The Morgan fingerprint density at radius 2 is 1.85 bits per heavy atom. The Kier molecular flexibility index (Phi) is 6.25.